The van der Waals surface area contributed by atoms with Crippen LogP contribution in [0.1, 0.15) is 24.8 Å². The van der Waals surface area contributed by atoms with Crippen LogP contribution in [0.5, 0.6) is 0 Å². The summed E-state index contributed by atoms with van der Waals surface area (Å²) in [6.45, 7) is 1.82. The molecule has 1 aliphatic carbocycles. The van der Waals surface area contributed by atoms with Crippen molar-refractivity contribution in [3.63, 3.8) is 0 Å². The molecule has 0 aliphatic heterocycles. The molecule has 2 rings (SSSR count). The van der Waals surface area contributed by atoms with Crippen LogP contribution in [0.4, 0.5) is 4.39 Å². The van der Waals surface area contributed by atoms with Gasteiger partial charge in [-0.05, 0) is 31.9 Å². The Balaban J connectivity index is 2.01. The van der Waals surface area contributed by atoms with Gasteiger partial charge in [-0.1, -0.05) is 24.1 Å². The summed E-state index contributed by atoms with van der Waals surface area (Å²) in [5.74, 6) is -0.287. The number of alkyl halides is 1. The minimum atomic E-state index is -3.75. The standard InChI is InChI=1S/C13H17FO3S/c1-10-5-7-12(8-6-10)18(15,16)17-9-11-3-2-4-13(11)14/h5-8,11,13H,2-4,9H2,1H3. The van der Waals surface area contributed by atoms with E-state index in [1.54, 1.807) is 12.1 Å². The van der Waals surface area contributed by atoms with E-state index in [9.17, 15) is 12.8 Å². The Morgan fingerprint density at radius 1 is 1.28 bits per heavy atom. The Kier molecular flexibility index (Phi) is 4.02. The van der Waals surface area contributed by atoms with Crippen molar-refractivity contribution in [2.45, 2.75) is 37.3 Å². The molecule has 1 aromatic carbocycles. The molecule has 0 spiro atoms. The van der Waals surface area contributed by atoms with E-state index in [4.69, 9.17) is 4.18 Å². The van der Waals surface area contributed by atoms with Crippen LogP contribution in [-0.4, -0.2) is 21.2 Å². The molecule has 0 bridgehead atoms. The summed E-state index contributed by atoms with van der Waals surface area (Å²) >= 11 is 0. The van der Waals surface area contributed by atoms with Crippen molar-refractivity contribution >= 4 is 10.1 Å². The Hall–Kier alpha value is -0.940. The summed E-state index contributed by atoms with van der Waals surface area (Å²) in [4.78, 5) is 0.126. The number of aryl methyl sites for hydroxylation is 1. The average molecular weight is 272 g/mol. The largest absolute Gasteiger partial charge is 0.296 e. The van der Waals surface area contributed by atoms with Crippen molar-refractivity contribution in [2.24, 2.45) is 5.92 Å². The fourth-order valence-electron chi connectivity index (χ4n) is 2.13. The fourth-order valence-corrected chi connectivity index (χ4v) is 3.09. The van der Waals surface area contributed by atoms with Gasteiger partial charge in [0.25, 0.3) is 10.1 Å². The van der Waals surface area contributed by atoms with E-state index in [1.165, 1.54) is 12.1 Å². The number of rotatable bonds is 4. The molecule has 100 valence electrons. The second-order valence-electron chi connectivity index (χ2n) is 4.76. The van der Waals surface area contributed by atoms with Crippen molar-refractivity contribution in [3.8, 4) is 0 Å². The second kappa shape index (κ2) is 5.36. The van der Waals surface area contributed by atoms with Crippen molar-refractivity contribution in [1.29, 1.82) is 0 Å². The van der Waals surface area contributed by atoms with Crippen molar-refractivity contribution in [2.75, 3.05) is 6.61 Å². The van der Waals surface area contributed by atoms with Gasteiger partial charge in [-0.2, -0.15) is 8.42 Å². The van der Waals surface area contributed by atoms with Crippen LogP contribution in [0.15, 0.2) is 29.2 Å². The van der Waals surface area contributed by atoms with E-state index in [1.807, 2.05) is 6.92 Å². The van der Waals surface area contributed by atoms with Crippen LogP contribution in [-0.2, 0) is 14.3 Å². The summed E-state index contributed by atoms with van der Waals surface area (Å²) in [6.07, 6.45) is 1.08. The summed E-state index contributed by atoms with van der Waals surface area (Å²) in [7, 11) is -3.75. The Morgan fingerprint density at radius 2 is 1.94 bits per heavy atom. The highest BCUT2D eigenvalue weighted by Gasteiger charge is 2.29. The van der Waals surface area contributed by atoms with Crippen molar-refractivity contribution < 1.29 is 17.0 Å². The van der Waals surface area contributed by atoms with E-state index in [0.717, 1.165) is 12.0 Å². The summed E-state index contributed by atoms with van der Waals surface area (Å²) in [6, 6.07) is 6.44. The highest BCUT2D eigenvalue weighted by atomic mass is 32.2. The lowest BCUT2D eigenvalue weighted by Crippen LogP contribution is -2.18. The highest BCUT2D eigenvalue weighted by molar-refractivity contribution is 7.86. The maximum Gasteiger partial charge on any atom is 0.296 e. The molecule has 1 saturated carbocycles. The molecule has 3 nitrogen and oxygen atoms in total. The molecule has 0 saturated heterocycles. The number of benzene rings is 1. The van der Waals surface area contributed by atoms with Gasteiger partial charge in [-0.25, -0.2) is 4.39 Å². The molecule has 0 amide bonds. The van der Waals surface area contributed by atoms with Crippen LogP contribution in [0.3, 0.4) is 0 Å². The normalized spacial score (nSPS) is 24.3. The summed E-state index contributed by atoms with van der Waals surface area (Å²) < 4.78 is 42.0. The average Bonchev–Trinajstić information content (AvgIpc) is 2.73. The Bertz CT molecular complexity index is 495. The third-order valence-corrected chi connectivity index (χ3v) is 4.61. The first kappa shape index (κ1) is 13.5. The fraction of sp³-hybridized carbons (Fsp3) is 0.538. The molecule has 1 fully saturated rings. The van der Waals surface area contributed by atoms with E-state index < -0.39 is 16.3 Å². The molecule has 0 aromatic heterocycles. The molecule has 0 radical (unpaired) electrons. The highest BCUT2D eigenvalue weighted by Crippen LogP contribution is 2.29. The zero-order valence-electron chi connectivity index (χ0n) is 10.3. The van der Waals surface area contributed by atoms with E-state index in [2.05, 4.69) is 0 Å². The lowest BCUT2D eigenvalue weighted by atomic mass is 10.1. The molecule has 1 aliphatic rings. The van der Waals surface area contributed by atoms with E-state index in [-0.39, 0.29) is 17.4 Å². The maximum atomic E-state index is 13.3. The zero-order chi connectivity index (χ0) is 13.2. The van der Waals surface area contributed by atoms with Crippen LogP contribution < -0.4 is 0 Å². The van der Waals surface area contributed by atoms with Gasteiger partial charge in [0, 0.05) is 5.92 Å². The van der Waals surface area contributed by atoms with E-state index >= 15 is 0 Å². The minimum absolute atomic E-state index is 0.0582. The molecule has 18 heavy (non-hydrogen) atoms. The smallest absolute Gasteiger partial charge is 0.266 e. The topological polar surface area (TPSA) is 43.4 Å². The molecule has 0 heterocycles. The van der Waals surface area contributed by atoms with Gasteiger partial charge < -0.3 is 0 Å². The zero-order valence-corrected chi connectivity index (χ0v) is 11.1. The van der Waals surface area contributed by atoms with Crippen molar-refractivity contribution in [3.05, 3.63) is 29.8 Å². The van der Waals surface area contributed by atoms with Crippen molar-refractivity contribution in [1.82, 2.24) is 0 Å². The first-order valence-electron chi connectivity index (χ1n) is 6.09. The Labute approximate surface area is 107 Å². The number of halogens is 1. The maximum absolute atomic E-state index is 13.3. The van der Waals surface area contributed by atoms with Gasteiger partial charge >= 0.3 is 0 Å². The third-order valence-electron chi connectivity index (χ3n) is 3.31. The SMILES string of the molecule is Cc1ccc(S(=O)(=O)OCC2CCCC2F)cc1. The van der Waals surface area contributed by atoms with Crippen LogP contribution >= 0.6 is 0 Å². The van der Waals surface area contributed by atoms with Crippen LogP contribution in [0, 0.1) is 12.8 Å². The molecule has 5 heteroatoms. The lowest BCUT2D eigenvalue weighted by molar-refractivity contribution is 0.181. The van der Waals surface area contributed by atoms with Gasteiger partial charge in [0.2, 0.25) is 0 Å². The second-order valence-corrected chi connectivity index (χ2v) is 6.37. The number of hydrogen-bond donors (Lipinski definition) is 0. The first-order chi connectivity index (χ1) is 8.49. The van der Waals surface area contributed by atoms with Crippen LogP contribution in [0.2, 0.25) is 0 Å². The predicted octanol–water partition coefficient (Wildman–Crippen LogP) is 2.84. The molecule has 2 unspecified atom stereocenters. The quantitative estimate of drug-likeness (QED) is 0.792. The lowest BCUT2D eigenvalue weighted by Gasteiger charge is -2.12. The number of hydrogen-bond acceptors (Lipinski definition) is 3. The molecule has 1 aromatic rings. The molecular weight excluding hydrogens is 255 g/mol. The first-order valence-corrected chi connectivity index (χ1v) is 7.50. The summed E-state index contributed by atoms with van der Waals surface area (Å²) in [5, 5.41) is 0. The van der Waals surface area contributed by atoms with Gasteiger partial charge in [-0.3, -0.25) is 4.18 Å². The molecule has 0 N–H and O–H groups in total. The Morgan fingerprint density at radius 3 is 2.50 bits per heavy atom. The van der Waals surface area contributed by atoms with Crippen LogP contribution in [0.25, 0.3) is 0 Å². The van der Waals surface area contributed by atoms with Gasteiger partial charge in [0.1, 0.15) is 6.17 Å². The van der Waals surface area contributed by atoms with E-state index in [0.29, 0.717) is 12.8 Å². The molecule has 2 atom stereocenters. The van der Waals surface area contributed by atoms with Gasteiger partial charge in [-0.15, -0.1) is 0 Å². The summed E-state index contributed by atoms with van der Waals surface area (Å²) in [5.41, 5.74) is 0.980. The predicted molar refractivity (Wildman–Crippen MR) is 66.6 cm³/mol. The van der Waals surface area contributed by atoms with Gasteiger partial charge in [0.15, 0.2) is 0 Å². The monoisotopic (exact) mass is 272 g/mol. The minimum Gasteiger partial charge on any atom is -0.266 e. The third kappa shape index (κ3) is 3.09. The van der Waals surface area contributed by atoms with Gasteiger partial charge in [0.05, 0.1) is 11.5 Å². The molecular formula is C13H17FO3S.